The molecule has 0 aliphatic heterocycles. The first-order valence-electron chi connectivity index (χ1n) is 9.73. The van der Waals surface area contributed by atoms with E-state index >= 15 is 0 Å². The van der Waals surface area contributed by atoms with Crippen LogP contribution in [0.25, 0.3) is 11.0 Å². The molecular weight excluding hydrogens is 280 g/mol. The van der Waals surface area contributed by atoms with E-state index in [2.05, 4.69) is 35.8 Å². The number of imidazole rings is 1. The van der Waals surface area contributed by atoms with E-state index in [9.17, 15) is 0 Å². The quantitative estimate of drug-likeness (QED) is 0.749. The average Bonchev–Trinajstić information content (AvgIpc) is 2.91. The van der Waals surface area contributed by atoms with Gasteiger partial charge in [-0.2, -0.15) is 0 Å². The van der Waals surface area contributed by atoms with Gasteiger partial charge in [0.25, 0.3) is 0 Å². The fourth-order valence-corrected chi connectivity index (χ4v) is 6.41. The number of rotatable bonds is 4. The molecule has 0 amide bonds. The molecule has 0 saturated heterocycles. The SMILES string of the molecule is CCCCn1c(C23CC4CC(CC(C4)C2)C3)nc2ccccc21. The molecule has 1 aromatic carbocycles. The lowest BCUT2D eigenvalue weighted by atomic mass is 9.49. The fraction of sp³-hybridized carbons (Fsp3) is 0.667. The van der Waals surface area contributed by atoms with E-state index in [-0.39, 0.29) is 0 Å². The van der Waals surface area contributed by atoms with Crippen LogP contribution >= 0.6 is 0 Å². The minimum atomic E-state index is 0.404. The summed E-state index contributed by atoms with van der Waals surface area (Å²) in [7, 11) is 0. The van der Waals surface area contributed by atoms with Gasteiger partial charge in [0, 0.05) is 12.0 Å². The smallest absolute Gasteiger partial charge is 0.116 e. The molecular formula is C21H28N2. The van der Waals surface area contributed by atoms with Crippen LogP contribution in [0, 0.1) is 17.8 Å². The predicted molar refractivity (Wildman–Crippen MR) is 94.5 cm³/mol. The highest BCUT2D eigenvalue weighted by molar-refractivity contribution is 5.76. The first kappa shape index (κ1) is 14.1. The van der Waals surface area contributed by atoms with Gasteiger partial charge in [0.2, 0.25) is 0 Å². The molecule has 4 fully saturated rings. The van der Waals surface area contributed by atoms with Crippen molar-refractivity contribution in [1.29, 1.82) is 0 Å². The second kappa shape index (κ2) is 5.09. The molecule has 0 atom stereocenters. The van der Waals surface area contributed by atoms with Gasteiger partial charge in [-0.25, -0.2) is 4.98 Å². The monoisotopic (exact) mass is 308 g/mol. The van der Waals surface area contributed by atoms with E-state index in [1.807, 2.05) is 0 Å². The Balaban J connectivity index is 1.64. The Morgan fingerprint density at radius 3 is 2.35 bits per heavy atom. The van der Waals surface area contributed by atoms with Gasteiger partial charge in [0.05, 0.1) is 11.0 Å². The summed E-state index contributed by atoms with van der Waals surface area (Å²) >= 11 is 0. The summed E-state index contributed by atoms with van der Waals surface area (Å²) in [6.07, 6.45) is 11.3. The molecule has 0 spiro atoms. The van der Waals surface area contributed by atoms with E-state index < -0.39 is 0 Å². The summed E-state index contributed by atoms with van der Waals surface area (Å²) in [4.78, 5) is 5.22. The predicted octanol–water partition coefficient (Wildman–Crippen LogP) is 5.30. The first-order valence-corrected chi connectivity index (χ1v) is 9.73. The fourth-order valence-electron chi connectivity index (χ4n) is 6.41. The van der Waals surface area contributed by atoms with E-state index in [4.69, 9.17) is 4.98 Å². The zero-order valence-corrected chi connectivity index (χ0v) is 14.3. The maximum Gasteiger partial charge on any atom is 0.116 e. The standard InChI is InChI=1S/C21H28N2/c1-2-3-8-23-19-7-5-4-6-18(19)22-20(23)21-12-15-9-16(13-21)11-17(10-15)14-21/h4-7,15-17H,2-3,8-14H2,1H3. The third-order valence-corrected chi connectivity index (χ3v) is 6.90. The third-order valence-electron chi connectivity index (χ3n) is 6.90. The highest BCUT2D eigenvalue weighted by Gasteiger charge is 2.53. The lowest BCUT2D eigenvalue weighted by Gasteiger charge is -2.56. The Morgan fingerprint density at radius 1 is 1.04 bits per heavy atom. The highest BCUT2D eigenvalue weighted by atomic mass is 15.1. The van der Waals surface area contributed by atoms with Gasteiger partial charge in [0.15, 0.2) is 0 Å². The highest BCUT2D eigenvalue weighted by Crippen LogP contribution is 2.60. The summed E-state index contributed by atoms with van der Waals surface area (Å²) < 4.78 is 2.60. The molecule has 4 aliphatic carbocycles. The summed E-state index contributed by atoms with van der Waals surface area (Å²) in [5, 5.41) is 0. The van der Waals surface area contributed by atoms with E-state index in [1.54, 1.807) is 0 Å². The van der Waals surface area contributed by atoms with E-state index in [1.165, 1.54) is 68.2 Å². The zero-order valence-electron chi connectivity index (χ0n) is 14.3. The summed E-state index contributed by atoms with van der Waals surface area (Å²) in [6.45, 7) is 3.44. The average molecular weight is 308 g/mol. The lowest BCUT2D eigenvalue weighted by molar-refractivity contribution is -0.0108. The molecule has 6 rings (SSSR count). The van der Waals surface area contributed by atoms with Crippen LogP contribution in [0.15, 0.2) is 24.3 Å². The van der Waals surface area contributed by atoms with Crippen LogP contribution in [0.1, 0.15) is 64.1 Å². The van der Waals surface area contributed by atoms with Crippen LogP contribution in [0.4, 0.5) is 0 Å². The van der Waals surface area contributed by atoms with Gasteiger partial charge >= 0.3 is 0 Å². The molecule has 4 bridgehead atoms. The van der Waals surface area contributed by atoms with Crippen LogP contribution in [0.5, 0.6) is 0 Å². The lowest BCUT2D eigenvalue weighted by Crippen LogP contribution is -2.49. The van der Waals surface area contributed by atoms with Crippen molar-refractivity contribution in [3.63, 3.8) is 0 Å². The summed E-state index contributed by atoms with van der Waals surface area (Å²) in [6, 6.07) is 8.81. The molecule has 1 aromatic heterocycles. The Morgan fingerprint density at radius 2 is 1.70 bits per heavy atom. The number of unbranched alkanes of at least 4 members (excludes halogenated alkanes) is 1. The number of aromatic nitrogens is 2. The van der Waals surface area contributed by atoms with Gasteiger partial charge in [-0.05, 0) is 74.8 Å². The largest absolute Gasteiger partial charge is 0.328 e. The van der Waals surface area contributed by atoms with Gasteiger partial charge in [0.1, 0.15) is 5.82 Å². The van der Waals surface area contributed by atoms with Crippen molar-refractivity contribution < 1.29 is 0 Å². The van der Waals surface area contributed by atoms with E-state index in [0.29, 0.717) is 5.41 Å². The second-order valence-electron chi connectivity index (χ2n) is 8.63. The van der Waals surface area contributed by atoms with Crippen molar-refractivity contribution in [2.75, 3.05) is 0 Å². The molecule has 0 N–H and O–H groups in total. The Hall–Kier alpha value is -1.31. The molecule has 2 heteroatoms. The number of fused-ring (bicyclic) bond motifs is 1. The van der Waals surface area contributed by atoms with Gasteiger partial charge < -0.3 is 4.57 Å². The number of para-hydroxylation sites is 2. The van der Waals surface area contributed by atoms with Crippen LogP contribution in [-0.2, 0) is 12.0 Å². The van der Waals surface area contributed by atoms with Crippen molar-refractivity contribution in [2.24, 2.45) is 17.8 Å². The number of hydrogen-bond donors (Lipinski definition) is 0. The normalized spacial score (nSPS) is 35.3. The molecule has 122 valence electrons. The molecule has 23 heavy (non-hydrogen) atoms. The van der Waals surface area contributed by atoms with Crippen molar-refractivity contribution in [1.82, 2.24) is 9.55 Å². The van der Waals surface area contributed by atoms with Gasteiger partial charge in [-0.1, -0.05) is 25.5 Å². The van der Waals surface area contributed by atoms with Crippen LogP contribution < -0.4 is 0 Å². The molecule has 4 saturated carbocycles. The van der Waals surface area contributed by atoms with Crippen LogP contribution in [0.3, 0.4) is 0 Å². The number of aryl methyl sites for hydroxylation is 1. The van der Waals surface area contributed by atoms with Crippen molar-refractivity contribution in [3.8, 4) is 0 Å². The second-order valence-corrected chi connectivity index (χ2v) is 8.63. The topological polar surface area (TPSA) is 17.8 Å². The van der Waals surface area contributed by atoms with Crippen LogP contribution in [0.2, 0.25) is 0 Å². The minimum Gasteiger partial charge on any atom is -0.328 e. The van der Waals surface area contributed by atoms with E-state index in [0.717, 1.165) is 24.3 Å². The number of hydrogen-bond acceptors (Lipinski definition) is 1. The minimum absolute atomic E-state index is 0.404. The van der Waals surface area contributed by atoms with Crippen molar-refractivity contribution in [2.45, 2.75) is 70.3 Å². The number of nitrogens with zero attached hydrogens (tertiary/aromatic N) is 2. The Labute approximate surface area is 139 Å². The summed E-state index contributed by atoms with van der Waals surface area (Å²) in [5.41, 5.74) is 2.99. The Bertz CT molecular complexity index is 691. The molecule has 0 unspecified atom stereocenters. The van der Waals surface area contributed by atoms with Gasteiger partial charge in [-0.15, -0.1) is 0 Å². The van der Waals surface area contributed by atoms with Crippen LogP contribution in [-0.4, -0.2) is 9.55 Å². The summed E-state index contributed by atoms with van der Waals surface area (Å²) in [5.74, 6) is 4.41. The zero-order chi connectivity index (χ0) is 15.4. The van der Waals surface area contributed by atoms with Crippen molar-refractivity contribution >= 4 is 11.0 Å². The first-order chi connectivity index (χ1) is 11.3. The maximum atomic E-state index is 5.22. The van der Waals surface area contributed by atoms with Crippen molar-refractivity contribution in [3.05, 3.63) is 30.1 Å². The molecule has 2 nitrogen and oxygen atoms in total. The maximum absolute atomic E-state index is 5.22. The molecule has 2 aromatic rings. The Kier molecular flexibility index (Phi) is 3.11. The third kappa shape index (κ3) is 2.10. The van der Waals surface area contributed by atoms with Gasteiger partial charge in [-0.3, -0.25) is 0 Å². The number of benzene rings is 1. The molecule has 1 heterocycles. The molecule has 0 radical (unpaired) electrons. The molecule has 4 aliphatic rings.